The Kier molecular flexibility index (Phi) is 6.93. The van der Waals surface area contributed by atoms with Crippen LogP contribution in [-0.2, 0) is 16.1 Å². The van der Waals surface area contributed by atoms with E-state index in [-0.39, 0.29) is 40.2 Å². The number of hydrogen-bond donors (Lipinski definition) is 0. The first-order valence-electron chi connectivity index (χ1n) is 10.3. The van der Waals surface area contributed by atoms with Gasteiger partial charge in [0.25, 0.3) is 11.4 Å². The molecule has 36 heavy (non-hydrogen) atoms. The molecule has 0 bridgehead atoms. The summed E-state index contributed by atoms with van der Waals surface area (Å²) >= 11 is 6.10. The van der Waals surface area contributed by atoms with Crippen molar-refractivity contribution >= 4 is 40.9 Å². The van der Waals surface area contributed by atoms with Gasteiger partial charge in [-0.05, 0) is 35.4 Å². The smallest absolute Gasteiger partial charge is 0.363 e. The van der Waals surface area contributed by atoms with Crippen molar-refractivity contribution in [3.05, 3.63) is 108 Å². The Morgan fingerprint density at radius 3 is 2.44 bits per heavy atom. The average Bonchev–Trinajstić information content (AvgIpc) is 3.22. The monoisotopic (exact) mass is 509 g/mol. The summed E-state index contributed by atoms with van der Waals surface area (Å²) in [4.78, 5) is 37.3. The van der Waals surface area contributed by atoms with Crippen molar-refractivity contribution in [3.63, 3.8) is 0 Å². The quantitative estimate of drug-likeness (QED) is 0.177. The number of rotatable bonds is 8. The predicted molar refractivity (Wildman–Crippen MR) is 129 cm³/mol. The highest BCUT2D eigenvalue weighted by Gasteiger charge is 2.26. The maximum absolute atomic E-state index is 12.3. The van der Waals surface area contributed by atoms with Crippen LogP contribution in [0.5, 0.6) is 11.5 Å². The van der Waals surface area contributed by atoms with Crippen molar-refractivity contribution in [2.45, 2.75) is 6.61 Å². The van der Waals surface area contributed by atoms with E-state index in [0.29, 0.717) is 22.6 Å². The van der Waals surface area contributed by atoms with E-state index in [1.807, 2.05) is 0 Å². The first-order valence-corrected chi connectivity index (χ1v) is 10.6. The van der Waals surface area contributed by atoms with Crippen LogP contribution >= 0.6 is 11.6 Å². The van der Waals surface area contributed by atoms with E-state index in [4.69, 9.17) is 25.8 Å². The molecule has 0 amide bonds. The molecule has 0 saturated heterocycles. The molecule has 1 aliphatic rings. The maximum atomic E-state index is 12.3. The molecule has 3 aromatic rings. The molecule has 0 fully saturated rings. The molecule has 182 valence electrons. The number of nitro groups is 2. The topological polar surface area (TPSA) is 143 Å². The molecule has 1 heterocycles. The van der Waals surface area contributed by atoms with Crippen LogP contribution in [-0.4, -0.2) is 28.8 Å². The summed E-state index contributed by atoms with van der Waals surface area (Å²) in [5.41, 5.74) is 1.15. The fourth-order valence-corrected chi connectivity index (χ4v) is 3.54. The molecule has 0 spiro atoms. The Morgan fingerprint density at radius 2 is 1.75 bits per heavy atom. The molecule has 0 N–H and O–H groups in total. The summed E-state index contributed by atoms with van der Waals surface area (Å²) in [6, 6.07) is 14.7. The Morgan fingerprint density at radius 1 is 1.00 bits per heavy atom. The Hall–Kier alpha value is -4.77. The van der Waals surface area contributed by atoms with Crippen LogP contribution < -0.4 is 9.47 Å². The van der Waals surface area contributed by atoms with Crippen molar-refractivity contribution in [2.75, 3.05) is 7.11 Å². The number of carbonyl (C=O) groups excluding carboxylic acids is 1. The standard InChI is InChI=1S/C24H16ClN3O8/c1-34-22-11-14(5-8-21(22)35-13-15-3-2-4-16(9-15)27(30)31)10-20-24(29)36-23(26-20)18-7-6-17(28(32)33)12-19(18)25/h2-12H,13H2,1H3/b20-10-. The van der Waals surface area contributed by atoms with E-state index < -0.39 is 15.8 Å². The highest BCUT2D eigenvalue weighted by molar-refractivity contribution is 6.34. The number of carbonyl (C=O) groups is 1. The molecule has 0 unspecified atom stereocenters. The zero-order valence-corrected chi connectivity index (χ0v) is 19.3. The zero-order valence-electron chi connectivity index (χ0n) is 18.5. The highest BCUT2D eigenvalue weighted by Crippen LogP contribution is 2.31. The van der Waals surface area contributed by atoms with Gasteiger partial charge >= 0.3 is 5.97 Å². The Bertz CT molecular complexity index is 1450. The third kappa shape index (κ3) is 5.31. The third-order valence-corrected chi connectivity index (χ3v) is 5.33. The van der Waals surface area contributed by atoms with Crippen LogP contribution in [0.2, 0.25) is 5.02 Å². The second kappa shape index (κ2) is 10.2. The Balaban J connectivity index is 1.54. The summed E-state index contributed by atoms with van der Waals surface area (Å²) < 4.78 is 16.3. The SMILES string of the molecule is COc1cc(/C=C2\N=C(c3ccc([N+](=O)[O-])cc3Cl)OC2=O)ccc1OCc1cccc([N+](=O)[O-])c1. The second-order valence-electron chi connectivity index (χ2n) is 7.38. The van der Waals surface area contributed by atoms with Gasteiger partial charge in [0, 0.05) is 24.3 Å². The van der Waals surface area contributed by atoms with Gasteiger partial charge in [-0.2, -0.15) is 0 Å². The largest absolute Gasteiger partial charge is 0.493 e. The summed E-state index contributed by atoms with van der Waals surface area (Å²) in [5.74, 6) is -0.0369. The first-order chi connectivity index (χ1) is 17.2. The van der Waals surface area contributed by atoms with Gasteiger partial charge in [0.15, 0.2) is 17.2 Å². The van der Waals surface area contributed by atoms with Gasteiger partial charge in [-0.15, -0.1) is 0 Å². The molecular formula is C24H16ClN3O8. The van der Waals surface area contributed by atoms with E-state index >= 15 is 0 Å². The highest BCUT2D eigenvalue weighted by atomic mass is 35.5. The number of non-ortho nitro benzene ring substituents is 2. The van der Waals surface area contributed by atoms with Crippen molar-refractivity contribution in [2.24, 2.45) is 4.99 Å². The third-order valence-electron chi connectivity index (χ3n) is 5.02. The number of hydrogen-bond acceptors (Lipinski definition) is 9. The fourth-order valence-electron chi connectivity index (χ4n) is 3.29. The minimum atomic E-state index is -0.718. The molecule has 0 saturated carbocycles. The van der Waals surface area contributed by atoms with Crippen molar-refractivity contribution in [1.29, 1.82) is 0 Å². The number of methoxy groups -OCH3 is 1. The van der Waals surface area contributed by atoms with Crippen molar-refractivity contribution < 1.29 is 28.9 Å². The van der Waals surface area contributed by atoms with Gasteiger partial charge in [0.1, 0.15) is 6.61 Å². The van der Waals surface area contributed by atoms with Crippen LogP contribution in [0.15, 0.2) is 71.4 Å². The lowest BCUT2D eigenvalue weighted by molar-refractivity contribution is -0.385. The first kappa shape index (κ1) is 24.4. The minimum Gasteiger partial charge on any atom is -0.493 e. The van der Waals surface area contributed by atoms with E-state index in [2.05, 4.69) is 4.99 Å². The predicted octanol–water partition coefficient (Wildman–Crippen LogP) is 5.09. The van der Waals surface area contributed by atoms with Gasteiger partial charge in [-0.1, -0.05) is 29.8 Å². The van der Waals surface area contributed by atoms with Gasteiger partial charge in [-0.3, -0.25) is 20.2 Å². The summed E-state index contributed by atoms with van der Waals surface area (Å²) in [6.45, 7) is 0.0778. The minimum absolute atomic E-state index is 0.00765. The van der Waals surface area contributed by atoms with Crippen LogP contribution in [0.25, 0.3) is 6.08 Å². The number of ether oxygens (including phenoxy) is 3. The number of nitro benzene ring substituents is 2. The molecule has 1 aliphatic heterocycles. The number of nitrogens with zero attached hydrogens (tertiary/aromatic N) is 3. The van der Waals surface area contributed by atoms with Crippen molar-refractivity contribution in [3.8, 4) is 11.5 Å². The van der Waals surface area contributed by atoms with Crippen LogP contribution in [0, 0.1) is 20.2 Å². The van der Waals surface area contributed by atoms with Crippen LogP contribution in [0.4, 0.5) is 11.4 Å². The lowest BCUT2D eigenvalue weighted by Gasteiger charge is -2.11. The zero-order chi connectivity index (χ0) is 25.8. The van der Waals surface area contributed by atoms with E-state index in [1.165, 1.54) is 37.5 Å². The number of aliphatic imine (C=N–C) groups is 1. The Labute approximate surface area is 208 Å². The summed E-state index contributed by atoms with van der Waals surface area (Å²) in [5, 5.41) is 21.9. The lowest BCUT2D eigenvalue weighted by Crippen LogP contribution is -2.06. The van der Waals surface area contributed by atoms with Gasteiger partial charge in [-0.25, -0.2) is 9.79 Å². The fraction of sp³-hybridized carbons (Fsp3) is 0.0833. The summed E-state index contributed by atoms with van der Waals surface area (Å²) in [7, 11) is 1.45. The maximum Gasteiger partial charge on any atom is 0.363 e. The summed E-state index contributed by atoms with van der Waals surface area (Å²) in [6.07, 6.45) is 1.47. The van der Waals surface area contributed by atoms with Gasteiger partial charge < -0.3 is 14.2 Å². The number of cyclic esters (lactones) is 1. The lowest BCUT2D eigenvalue weighted by atomic mass is 10.1. The second-order valence-corrected chi connectivity index (χ2v) is 7.79. The van der Waals surface area contributed by atoms with E-state index in [0.717, 1.165) is 6.07 Å². The van der Waals surface area contributed by atoms with Crippen LogP contribution in [0.3, 0.4) is 0 Å². The van der Waals surface area contributed by atoms with Gasteiger partial charge in [0.2, 0.25) is 5.90 Å². The van der Waals surface area contributed by atoms with E-state index in [9.17, 15) is 25.0 Å². The average molecular weight is 510 g/mol. The molecule has 4 rings (SSSR count). The number of benzene rings is 3. The van der Waals surface area contributed by atoms with Crippen LogP contribution in [0.1, 0.15) is 16.7 Å². The van der Waals surface area contributed by atoms with Gasteiger partial charge in [0.05, 0.1) is 27.5 Å². The molecule has 0 radical (unpaired) electrons. The van der Waals surface area contributed by atoms with E-state index in [1.54, 1.807) is 30.3 Å². The number of halogens is 1. The molecule has 12 heteroatoms. The molecule has 0 atom stereocenters. The van der Waals surface area contributed by atoms with Crippen molar-refractivity contribution in [1.82, 2.24) is 0 Å². The molecule has 0 aliphatic carbocycles. The number of esters is 1. The molecule has 0 aromatic heterocycles. The molecular weight excluding hydrogens is 494 g/mol. The normalized spacial score (nSPS) is 13.8. The molecule has 3 aromatic carbocycles. The molecule has 11 nitrogen and oxygen atoms in total.